The van der Waals surface area contributed by atoms with Crippen LogP contribution in [0.5, 0.6) is 5.75 Å². The topological polar surface area (TPSA) is 83.4 Å². The number of thioether (sulfide) groups is 1. The Morgan fingerprint density at radius 1 is 1.38 bits per heavy atom. The molecule has 0 aliphatic heterocycles. The van der Waals surface area contributed by atoms with Gasteiger partial charge in [-0.15, -0.1) is 11.8 Å². The molecule has 1 aromatic carbocycles. The zero-order valence-corrected chi connectivity index (χ0v) is 10.1. The second-order valence-corrected chi connectivity index (χ2v) is 5.54. The average molecular weight is 258 g/mol. The van der Waals surface area contributed by atoms with Crippen molar-refractivity contribution in [1.82, 2.24) is 0 Å². The number of rotatable bonds is 5. The van der Waals surface area contributed by atoms with Crippen LogP contribution in [-0.4, -0.2) is 10.9 Å². The summed E-state index contributed by atoms with van der Waals surface area (Å²) in [5.74, 6) is 1.49. The Labute approximate surface area is 98.2 Å². The predicted molar refractivity (Wildman–Crippen MR) is 60.2 cm³/mol. The van der Waals surface area contributed by atoms with Crippen LogP contribution in [0.2, 0.25) is 0 Å². The number of hydrogen-bond donors (Lipinski definition) is 1. The minimum atomic E-state index is -4.53. The van der Waals surface area contributed by atoms with E-state index in [1.54, 1.807) is 24.3 Å². The maximum atomic E-state index is 10.3. The fourth-order valence-electron chi connectivity index (χ4n) is 1.02. The van der Waals surface area contributed by atoms with Gasteiger partial charge in [0.05, 0.1) is 0 Å². The summed E-state index contributed by atoms with van der Waals surface area (Å²) in [6, 6.07) is 6.89. The van der Waals surface area contributed by atoms with E-state index < -0.39 is 7.60 Å². The third kappa shape index (κ3) is 5.37. The number of benzene rings is 1. The summed E-state index contributed by atoms with van der Waals surface area (Å²) < 4.78 is 10.3. The largest absolute Gasteiger partial charge is 0.808 e. The molecular formula is C10H11O4PS-2. The highest BCUT2D eigenvalue weighted by Gasteiger charge is 1.98. The van der Waals surface area contributed by atoms with Gasteiger partial charge in [-0.1, -0.05) is 24.0 Å². The van der Waals surface area contributed by atoms with E-state index in [1.807, 2.05) is 0 Å². The van der Waals surface area contributed by atoms with Crippen LogP contribution in [0.25, 0.3) is 0 Å². The van der Waals surface area contributed by atoms with Crippen molar-refractivity contribution in [2.45, 2.75) is 11.3 Å². The van der Waals surface area contributed by atoms with E-state index in [4.69, 9.17) is 0 Å². The van der Waals surface area contributed by atoms with Gasteiger partial charge < -0.3 is 19.5 Å². The minimum Gasteiger partial charge on any atom is -0.808 e. The van der Waals surface area contributed by atoms with Crippen molar-refractivity contribution < 1.29 is 19.5 Å². The van der Waals surface area contributed by atoms with Crippen molar-refractivity contribution in [3.63, 3.8) is 0 Å². The number of phenolic OH excluding ortho intramolecular Hbond substituents is 1. The van der Waals surface area contributed by atoms with Crippen LogP contribution in [0.15, 0.2) is 41.1 Å². The highest BCUT2D eigenvalue weighted by Crippen LogP contribution is 2.29. The van der Waals surface area contributed by atoms with Gasteiger partial charge in [0.25, 0.3) is 0 Å². The van der Waals surface area contributed by atoms with Gasteiger partial charge in [0, 0.05) is 10.6 Å². The number of phenols is 1. The van der Waals surface area contributed by atoms with Crippen molar-refractivity contribution >= 4 is 19.4 Å². The molecule has 0 heterocycles. The molecule has 0 saturated carbocycles. The zero-order valence-electron chi connectivity index (χ0n) is 8.41. The molecule has 16 heavy (non-hydrogen) atoms. The normalized spacial score (nSPS) is 12.1. The fraction of sp³-hybridized carbons (Fsp3) is 0.200. The van der Waals surface area contributed by atoms with E-state index in [0.717, 1.165) is 4.90 Å². The molecular weight excluding hydrogens is 247 g/mol. The quantitative estimate of drug-likeness (QED) is 0.489. The smallest absolute Gasteiger partial charge is 0.129 e. The molecule has 0 amide bonds. The Bertz CT molecular complexity index is 413. The van der Waals surface area contributed by atoms with Gasteiger partial charge in [-0.3, -0.25) is 0 Å². The number of para-hydroxylation sites is 1. The van der Waals surface area contributed by atoms with Gasteiger partial charge in [-0.2, -0.15) is 0 Å². The molecule has 0 aliphatic carbocycles. The molecule has 0 fully saturated rings. The van der Waals surface area contributed by atoms with Crippen LogP contribution in [0.3, 0.4) is 0 Å². The molecule has 1 N–H and O–H groups in total. The third-order valence-corrected chi connectivity index (χ3v) is 3.37. The molecule has 0 bridgehead atoms. The first-order chi connectivity index (χ1) is 7.49. The summed E-state index contributed by atoms with van der Waals surface area (Å²) >= 11 is 1.40. The monoisotopic (exact) mass is 258 g/mol. The van der Waals surface area contributed by atoms with E-state index >= 15 is 0 Å². The summed E-state index contributed by atoms with van der Waals surface area (Å²) in [6.45, 7) is 0. The van der Waals surface area contributed by atoms with Crippen LogP contribution in [0.4, 0.5) is 0 Å². The van der Waals surface area contributed by atoms with E-state index in [0.29, 0.717) is 18.0 Å². The fourth-order valence-corrected chi connectivity index (χ4v) is 2.29. The van der Waals surface area contributed by atoms with E-state index in [9.17, 15) is 19.5 Å². The SMILES string of the molecule is O=P([O-])([O-])/C=C/CCSc1ccccc1O. The summed E-state index contributed by atoms with van der Waals surface area (Å²) in [4.78, 5) is 21.3. The molecule has 0 saturated heterocycles. The molecule has 4 nitrogen and oxygen atoms in total. The second kappa shape index (κ2) is 6.11. The number of aromatic hydroxyl groups is 1. The summed E-state index contributed by atoms with van der Waals surface area (Å²) in [7, 11) is -4.53. The van der Waals surface area contributed by atoms with Crippen LogP contribution in [-0.2, 0) is 4.57 Å². The van der Waals surface area contributed by atoms with Crippen LogP contribution >= 0.6 is 19.4 Å². The van der Waals surface area contributed by atoms with Gasteiger partial charge in [-0.25, -0.2) is 0 Å². The van der Waals surface area contributed by atoms with Crippen LogP contribution < -0.4 is 9.79 Å². The number of allylic oxidation sites excluding steroid dienone is 1. The van der Waals surface area contributed by atoms with E-state index in [1.165, 1.54) is 17.8 Å². The molecule has 1 aromatic rings. The molecule has 0 atom stereocenters. The Balaban J connectivity index is 2.35. The zero-order chi connectivity index (χ0) is 12.0. The lowest BCUT2D eigenvalue weighted by Gasteiger charge is -2.24. The lowest BCUT2D eigenvalue weighted by atomic mass is 10.3. The summed E-state index contributed by atoms with van der Waals surface area (Å²) in [5.41, 5.74) is 0. The van der Waals surface area contributed by atoms with Crippen molar-refractivity contribution in [2.24, 2.45) is 0 Å². The lowest BCUT2D eigenvalue weighted by Crippen LogP contribution is -2.10. The van der Waals surface area contributed by atoms with Crippen molar-refractivity contribution in [2.75, 3.05) is 5.75 Å². The Morgan fingerprint density at radius 3 is 2.69 bits per heavy atom. The van der Waals surface area contributed by atoms with Gasteiger partial charge in [0.15, 0.2) is 0 Å². The first-order valence-electron chi connectivity index (χ1n) is 4.59. The van der Waals surface area contributed by atoms with Crippen molar-refractivity contribution in [1.29, 1.82) is 0 Å². The van der Waals surface area contributed by atoms with Gasteiger partial charge in [0.1, 0.15) is 5.75 Å². The van der Waals surface area contributed by atoms with E-state index in [-0.39, 0.29) is 5.75 Å². The highest BCUT2D eigenvalue weighted by atomic mass is 32.2. The van der Waals surface area contributed by atoms with Crippen molar-refractivity contribution in [3.05, 3.63) is 36.2 Å². The summed E-state index contributed by atoms with van der Waals surface area (Å²) in [6.07, 6.45) is 1.79. The van der Waals surface area contributed by atoms with Gasteiger partial charge in [0.2, 0.25) is 0 Å². The Morgan fingerprint density at radius 2 is 2.06 bits per heavy atom. The van der Waals surface area contributed by atoms with Gasteiger partial charge in [-0.05, 0) is 26.1 Å². The first kappa shape index (κ1) is 13.3. The van der Waals surface area contributed by atoms with Crippen LogP contribution in [0, 0.1) is 0 Å². The first-order valence-corrected chi connectivity index (χ1v) is 7.19. The third-order valence-electron chi connectivity index (χ3n) is 1.70. The highest BCUT2D eigenvalue weighted by molar-refractivity contribution is 7.99. The molecule has 0 radical (unpaired) electrons. The predicted octanol–water partition coefficient (Wildman–Crippen LogP) is 1.30. The minimum absolute atomic E-state index is 0.204. The average Bonchev–Trinajstić information content (AvgIpc) is 2.18. The molecule has 0 unspecified atom stereocenters. The summed E-state index contributed by atoms with van der Waals surface area (Å²) in [5, 5.41) is 9.41. The molecule has 0 spiro atoms. The van der Waals surface area contributed by atoms with Crippen LogP contribution in [0.1, 0.15) is 6.42 Å². The second-order valence-electron chi connectivity index (χ2n) is 3.03. The molecule has 88 valence electrons. The molecule has 1 rings (SSSR count). The number of hydrogen-bond acceptors (Lipinski definition) is 5. The maximum absolute atomic E-state index is 10.3. The lowest BCUT2D eigenvalue weighted by molar-refractivity contribution is -0.308. The van der Waals surface area contributed by atoms with Gasteiger partial charge >= 0.3 is 0 Å². The standard InChI is InChI=1S/C10H13O4PS/c11-9-5-1-2-6-10(9)16-8-4-3-7-15(12,13)14/h1-3,5-7,11H,4,8H2,(H2,12,13,14)/p-2/b7-3+. The van der Waals surface area contributed by atoms with E-state index in [2.05, 4.69) is 0 Å². The Kier molecular flexibility index (Phi) is 5.09. The Hall–Kier alpha value is -0.740. The maximum Gasteiger partial charge on any atom is 0.129 e. The van der Waals surface area contributed by atoms with Crippen molar-refractivity contribution in [3.8, 4) is 5.75 Å². The molecule has 0 aromatic heterocycles. The molecule has 6 heteroatoms. The molecule has 0 aliphatic rings.